The molecule has 0 saturated heterocycles. The number of aliphatic hydroxyl groups is 1. The number of aliphatic hydroxyl groups excluding tert-OH is 1. The topological polar surface area (TPSA) is 122 Å². The second-order valence-electron chi connectivity index (χ2n) is 12.9. The van der Waals surface area contributed by atoms with Crippen LogP contribution in [-0.4, -0.2) is 41.5 Å². The van der Waals surface area contributed by atoms with Crippen LogP contribution in [0.25, 0.3) is 0 Å². The summed E-state index contributed by atoms with van der Waals surface area (Å²) in [6, 6.07) is 13.4. The third-order valence-electron chi connectivity index (χ3n) is 9.71. The van der Waals surface area contributed by atoms with Crippen molar-refractivity contribution in [2.45, 2.75) is 76.7 Å². The molecule has 1 fully saturated rings. The number of carbonyl (C=O) groups excluding carboxylic acids is 2. The summed E-state index contributed by atoms with van der Waals surface area (Å²) in [4.78, 5) is 27.4. The van der Waals surface area contributed by atoms with Gasteiger partial charge in [-0.1, -0.05) is 74.4 Å². The number of Topliss-reactive ketones (excluding diaryl/α,β-unsaturated/α-hetero) is 2. The molecule has 7 heteroatoms. The Labute approximate surface area is 266 Å². The van der Waals surface area contributed by atoms with E-state index in [-0.39, 0.29) is 36.3 Å². The van der Waals surface area contributed by atoms with Crippen LogP contribution in [0.4, 0.5) is 0 Å². The van der Waals surface area contributed by atoms with Crippen molar-refractivity contribution >= 4 is 11.6 Å². The second kappa shape index (κ2) is 14.8. The third-order valence-corrected chi connectivity index (χ3v) is 9.71. The van der Waals surface area contributed by atoms with Crippen molar-refractivity contribution in [1.82, 2.24) is 5.32 Å². The number of hydrogen-bond donors (Lipinski definition) is 4. The van der Waals surface area contributed by atoms with Crippen LogP contribution in [0.5, 0.6) is 11.5 Å². The molecule has 0 spiro atoms. The first-order chi connectivity index (χ1) is 21.8. The molecule has 238 valence electrons. The molecular formula is C38H46N2O5. The van der Waals surface area contributed by atoms with Crippen molar-refractivity contribution in [3.63, 3.8) is 0 Å². The van der Waals surface area contributed by atoms with Crippen molar-refractivity contribution in [3.05, 3.63) is 82.7 Å². The van der Waals surface area contributed by atoms with Crippen LogP contribution >= 0.6 is 0 Å². The molecule has 5 N–H and O–H groups in total. The summed E-state index contributed by atoms with van der Waals surface area (Å²) in [5, 5.41) is 25.1. The summed E-state index contributed by atoms with van der Waals surface area (Å²) in [6.07, 6.45) is 9.01. The summed E-state index contributed by atoms with van der Waals surface area (Å²) >= 11 is 0. The Bertz CT molecular complexity index is 1500. The van der Waals surface area contributed by atoms with E-state index in [1.807, 2.05) is 36.4 Å². The fraction of sp³-hybridized carbons (Fsp3) is 0.474. The molecule has 0 bridgehead atoms. The van der Waals surface area contributed by atoms with Crippen LogP contribution in [-0.2, 0) is 16.0 Å². The lowest BCUT2D eigenvalue weighted by Gasteiger charge is -2.26. The van der Waals surface area contributed by atoms with Gasteiger partial charge < -0.3 is 26.0 Å². The first-order valence-corrected chi connectivity index (χ1v) is 16.4. The van der Waals surface area contributed by atoms with E-state index in [4.69, 9.17) is 10.5 Å². The summed E-state index contributed by atoms with van der Waals surface area (Å²) in [5.41, 5.74) is 9.84. The number of phenolic OH excluding ortho intramolecular Hbond substituents is 1. The molecule has 0 radical (unpaired) electrons. The average molecular weight is 611 g/mol. The number of phenols is 1. The first-order valence-electron chi connectivity index (χ1n) is 16.4. The van der Waals surface area contributed by atoms with Gasteiger partial charge in [-0.25, -0.2) is 0 Å². The highest BCUT2D eigenvalue weighted by molar-refractivity contribution is 6.06. The van der Waals surface area contributed by atoms with Gasteiger partial charge in [0.1, 0.15) is 0 Å². The number of unbranched alkanes of at least 4 members (excludes halogenated alkanes) is 1. The Morgan fingerprint density at radius 3 is 2.58 bits per heavy atom. The monoisotopic (exact) mass is 610 g/mol. The zero-order chi connectivity index (χ0) is 31.9. The molecule has 0 amide bonds. The first kappa shape index (κ1) is 32.4. The Hall–Kier alpha value is -4.02. The number of benzene rings is 2. The molecule has 5 rings (SSSR count). The Kier molecular flexibility index (Phi) is 10.7. The van der Waals surface area contributed by atoms with Gasteiger partial charge in [0, 0.05) is 24.8 Å². The number of ether oxygens (including phenoxy) is 1. The predicted molar refractivity (Wildman–Crippen MR) is 175 cm³/mol. The van der Waals surface area contributed by atoms with Crippen LogP contribution in [0.1, 0.15) is 80.9 Å². The highest BCUT2D eigenvalue weighted by Crippen LogP contribution is 2.42. The van der Waals surface area contributed by atoms with E-state index in [1.165, 1.54) is 12.7 Å². The van der Waals surface area contributed by atoms with Crippen molar-refractivity contribution < 1.29 is 24.5 Å². The Morgan fingerprint density at radius 2 is 1.84 bits per heavy atom. The number of fused-ring (bicyclic) bond motifs is 2. The number of carbonyl (C=O) groups is 2. The minimum absolute atomic E-state index is 0.00126. The van der Waals surface area contributed by atoms with E-state index in [1.54, 1.807) is 12.1 Å². The number of aromatic hydroxyl groups is 1. The highest BCUT2D eigenvalue weighted by Gasteiger charge is 2.40. The molecule has 7 nitrogen and oxygen atoms in total. The van der Waals surface area contributed by atoms with Crippen LogP contribution in [0.2, 0.25) is 0 Å². The maximum Gasteiger partial charge on any atom is 0.173 e. The van der Waals surface area contributed by atoms with Gasteiger partial charge in [0.15, 0.2) is 29.2 Å². The van der Waals surface area contributed by atoms with Gasteiger partial charge in [0.05, 0.1) is 18.8 Å². The van der Waals surface area contributed by atoms with Gasteiger partial charge >= 0.3 is 0 Å². The standard InChI is InChI=1S/C38H46N2O5/c1-3-4-8-24-17-26(18-25-15-16-40-36(39)21-25)19-28-11-13-30(27-9-6-5-7-10-27)31-23-34(42)35(45-2)22-29(31)12-14-33(41)38(44)37(43)32(28)20-24/h5-7,9-10,15,21-24,26,28,30,32,38,40,42,44H,3-4,8,12,14,16-20,39H2,1-2H3/t24-,26+,28-,30-,32+,38+/m1/s1. The summed E-state index contributed by atoms with van der Waals surface area (Å²) in [6.45, 7) is 2.87. The molecule has 6 atom stereocenters. The predicted octanol–water partition coefficient (Wildman–Crippen LogP) is 5.54. The molecule has 2 aromatic carbocycles. The Balaban J connectivity index is 1.62. The number of rotatable bonds is 7. The number of allylic oxidation sites excluding steroid dienone is 2. The smallest absolute Gasteiger partial charge is 0.173 e. The minimum atomic E-state index is -1.68. The largest absolute Gasteiger partial charge is 0.504 e. The van der Waals surface area contributed by atoms with E-state index in [0.29, 0.717) is 36.9 Å². The second-order valence-corrected chi connectivity index (χ2v) is 12.9. The Morgan fingerprint density at radius 1 is 1.04 bits per heavy atom. The lowest BCUT2D eigenvalue weighted by Crippen LogP contribution is -2.38. The van der Waals surface area contributed by atoms with Gasteiger partial charge in [-0.3, -0.25) is 9.59 Å². The lowest BCUT2D eigenvalue weighted by molar-refractivity contribution is -0.142. The highest BCUT2D eigenvalue weighted by atomic mass is 16.5. The molecule has 3 aliphatic rings. The molecule has 1 aliphatic heterocycles. The number of methoxy groups -OCH3 is 1. The average Bonchev–Trinajstić information content (AvgIpc) is 3.21. The van der Waals surface area contributed by atoms with Crippen molar-refractivity contribution in [2.24, 2.45) is 29.4 Å². The summed E-state index contributed by atoms with van der Waals surface area (Å²) in [5.74, 6) is 6.52. The number of dihydropyridines is 1. The molecule has 0 aromatic heterocycles. The summed E-state index contributed by atoms with van der Waals surface area (Å²) < 4.78 is 5.40. The number of hydrogen-bond acceptors (Lipinski definition) is 7. The van der Waals surface area contributed by atoms with Gasteiger partial charge in [-0.2, -0.15) is 0 Å². The van der Waals surface area contributed by atoms with Crippen molar-refractivity contribution in [2.75, 3.05) is 13.7 Å². The maximum absolute atomic E-state index is 14.0. The van der Waals surface area contributed by atoms with Gasteiger partial charge in [0.25, 0.3) is 0 Å². The van der Waals surface area contributed by atoms with Gasteiger partial charge in [-0.05, 0) is 84.4 Å². The fourth-order valence-electron chi connectivity index (χ4n) is 7.37. The van der Waals surface area contributed by atoms with E-state index in [9.17, 15) is 19.8 Å². The quantitative estimate of drug-likeness (QED) is 0.240. The number of ketones is 2. The normalized spacial score (nSPS) is 27.1. The molecule has 2 aromatic rings. The zero-order valence-electron chi connectivity index (χ0n) is 26.4. The molecule has 45 heavy (non-hydrogen) atoms. The van der Waals surface area contributed by atoms with Crippen molar-refractivity contribution in [3.8, 4) is 23.3 Å². The SMILES string of the molecule is CCCC[C@@H]1C[C@@H](CC2=CCNC(N)=C2)C[C@H]2C#C[C@H](c3ccccc3)c3cc(O)c(OC)cc3CCC(=O)[C@H](O)C(=O)[C@H]2C1. The number of nitrogens with two attached hydrogens (primary N) is 1. The molecule has 1 heterocycles. The van der Waals surface area contributed by atoms with E-state index < -0.39 is 23.6 Å². The molecule has 1 saturated carbocycles. The molecule has 0 unspecified atom stereocenters. The zero-order valence-corrected chi connectivity index (χ0v) is 26.4. The lowest BCUT2D eigenvalue weighted by atomic mass is 9.77. The fourth-order valence-corrected chi connectivity index (χ4v) is 7.37. The maximum atomic E-state index is 14.0. The van der Waals surface area contributed by atoms with Crippen LogP contribution in [0.15, 0.2) is 66.0 Å². The van der Waals surface area contributed by atoms with Crippen LogP contribution in [0.3, 0.4) is 0 Å². The number of nitrogens with one attached hydrogen (secondary N) is 1. The third kappa shape index (κ3) is 7.80. The van der Waals surface area contributed by atoms with E-state index in [2.05, 4.69) is 30.2 Å². The van der Waals surface area contributed by atoms with Crippen LogP contribution in [0, 0.1) is 35.5 Å². The number of aryl methyl sites for hydroxylation is 1. The summed E-state index contributed by atoms with van der Waals surface area (Å²) in [7, 11) is 1.49. The molecular weight excluding hydrogens is 564 g/mol. The van der Waals surface area contributed by atoms with Crippen LogP contribution < -0.4 is 15.8 Å². The van der Waals surface area contributed by atoms with E-state index in [0.717, 1.165) is 48.8 Å². The molecule has 2 aliphatic carbocycles. The van der Waals surface area contributed by atoms with E-state index >= 15 is 0 Å². The van der Waals surface area contributed by atoms with Gasteiger partial charge in [0.2, 0.25) is 0 Å². The van der Waals surface area contributed by atoms with Gasteiger partial charge in [-0.15, -0.1) is 0 Å². The minimum Gasteiger partial charge on any atom is -0.504 e. The van der Waals surface area contributed by atoms with Crippen molar-refractivity contribution in [1.29, 1.82) is 0 Å².